The summed E-state index contributed by atoms with van der Waals surface area (Å²) in [5.74, 6) is -3.18. The Morgan fingerprint density at radius 2 is 1.50 bits per heavy atom. The quantitative estimate of drug-likeness (QED) is 0.383. The van der Waals surface area contributed by atoms with Crippen LogP contribution in [0.15, 0.2) is 48.8 Å². The molecule has 1 aromatic heterocycles. The second-order valence-corrected chi connectivity index (χ2v) is 6.13. The maximum atomic E-state index is 12.4. The van der Waals surface area contributed by atoms with Gasteiger partial charge in [-0.2, -0.15) is 0 Å². The van der Waals surface area contributed by atoms with Crippen LogP contribution in [0.2, 0.25) is 0 Å². The number of hydrogen-bond acceptors (Lipinski definition) is 6. The highest BCUT2D eigenvalue weighted by atomic mass is 16.2. The van der Waals surface area contributed by atoms with Crippen LogP contribution in [-0.2, 0) is 14.4 Å². The molecular weight excluding hydrogens is 392 g/mol. The summed E-state index contributed by atoms with van der Waals surface area (Å²) in [6, 6.07) is 7.45. The highest BCUT2D eigenvalue weighted by molar-refractivity contribution is 6.00. The molecule has 1 aromatic carbocycles. The first-order chi connectivity index (χ1) is 14.3. The number of aromatic nitrogens is 1. The predicted octanol–water partition coefficient (Wildman–Crippen LogP) is -0.525. The van der Waals surface area contributed by atoms with Gasteiger partial charge in [-0.25, -0.2) is 0 Å². The van der Waals surface area contributed by atoms with E-state index in [4.69, 9.17) is 5.73 Å². The van der Waals surface area contributed by atoms with Crippen LogP contribution in [0.3, 0.4) is 0 Å². The van der Waals surface area contributed by atoms with E-state index >= 15 is 0 Å². The molecule has 0 saturated heterocycles. The lowest BCUT2D eigenvalue weighted by molar-refractivity contribution is -0.127. The van der Waals surface area contributed by atoms with Crippen molar-refractivity contribution in [1.29, 1.82) is 0 Å². The topological polar surface area (TPSA) is 172 Å². The fourth-order valence-electron chi connectivity index (χ4n) is 2.34. The van der Waals surface area contributed by atoms with Gasteiger partial charge in [0.25, 0.3) is 17.7 Å². The summed E-state index contributed by atoms with van der Waals surface area (Å²) in [5.41, 5.74) is 10.4. The monoisotopic (exact) mass is 412 g/mol. The summed E-state index contributed by atoms with van der Waals surface area (Å²) in [5, 5.41) is 4.94. The standard InChI is InChI=1S/C19H20N6O5/c1-11(26)22-14-4-2-12(3-5-14)17(28)23-15(10-16(20)27)19(30)25-24-18(29)13-6-8-21-9-7-13/h2-9,15H,10H2,1H3,(H2,20,27)(H,22,26)(H,23,28)(H,24,29)(H,25,30). The third kappa shape index (κ3) is 6.71. The van der Waals surface area contributed by atoms with E-state index in [0.717, 1.165) is 0 Å². The van der Waals surface area contributed by atoms with Gasteiger partial charge in [-0.05, 0) is 36.4 Å². The van der Waals surface area contributed by atoms with E-state index in [1.54, 1.807) is 0 Å². The van der Waals surface area contributed by atoms with Crippen LogP contribution in [-0.4, -0.2) is 40.6 Å². The molecule has 0 saturated carbocycles. The van der Waals surface area contributed by atoms with Crippen molar-refractivity contribution >= 4 is 35.2 Å². The summed E-state index contributed by atoms with van der Waals surface area (Å²) >= 11 is 0. The Kier molecular flexibility index (Phi) is 7.57. The number of nitrogens with two attached hydrogens (primary N) is 1. The largest absolute Gasteiger partial charge is 0.370 e. The van der Waals surface area contributed by atoms with Crippen molar-refractivity contribution < 1.29 is 24.0 Å². The Morgan fingerprint density at radius 3 is 2.07 bits per heavy atom. The molecule has 1 unspecified atom stereocenters. The zero-order valence-electron chi connectivity index (χ0n) is 16.0. The van der Waals surface area contributed by atoms with Crippen LogP contribution in [0, 0.1) is 0 Å². The summed E-state index contributed by atoms with van der Waals surface area (Å²) in [6.07, 6.45) is 2.33. The van der Waals surface area contributed by atoms with Gasteiger partial charge in [0.05, 0.1) is 6.42 Å². The van der Waals surface area contributed by atoms with Crippen molar-refractivity contribution in [3.63, 3.8) is 0 Å². The minimum Gasteiger partial charge on any atom is -0.370 e. The third-order valence-corrected chi connectivity index (χ3v) is 3.74. The number of amides is 5. The highest BCUT2D eigenvalue weighted by Crippen LogP contribution is 2.10. The Morgan fingerprint density at radius 1 is 0.900 bits per heavy atom. The molecule has 0 spiro atoms. The molecule has 6 N–H and O–H groups in total. The first-order valence-electron chi connectivity index (χ1n) is 8.73. The molecule has 156 valence electrons. The van der Waals surface area contributed by atoms with Gasteiger partial charge < -0.3 is 16.4 Å². The molecule has 11 heteroatoms. The van der Waals surface area contributed by atoms with Gasteiger partial charge in [0, 0.05) is 36.1 Å². The van der Waals surface area contributed by atoms with E-state index < -0.39 is 36.1 Å². The van der Waals surface area contributed by atoms with Gasteiger partial charge in [-0.15, -0.1) is 0 Å². The van der Waals surface area contributed by atoms with Gasteiger partial charge in [0.15, 0.2) is 0 Å². The average molecular weight is 412 g/mol. The number of anilines is 1. The smallest absolute Gasteiger partial charge is 0.269 e. The van der Waals surface area contributed by atoms with E-state index in [2.05, 4.69) is 26.5 Å². The van der Waals surface area contributed by atoms with Gasteiger partial charge in [0.1, 0.15) is 6.04 Å². The number of nitrogens with zero attached hydrogens (tertiary/aromatic N) is 1. The maximum Gasteiger partial charge on any atom is 0.269 e. The van der Waals surface area contributed by atoms with Crippen LogP contribution < -0.4 is 27.2 Å². The molecule has 0 fully saturated rings. The molecule has 2 rings (SSSR count). The molecule has 1 atom stereocenters. The fourth-order valence-corrected chi connectivity index (χ4v) is 2.34. The summed E-state index contributed by atoms with van der Waals surface area (Å²) < 4.78 is 0. The number of benzene rings is 1. The molecular formula is C19H20N6O5. The van der Waals surface area contributed by atoms with E-state index in [1.807, 2.05) is 0 Å². The van der Waals surface area contributed by atoms with E-state index in [0.29, 0.717) is 5.69 Å². The van der Waals surface area contributed by atoms with Crippen LogP contribution in [0.1, 0.15) is 34.1 Å². The minimum atomic E-state index is -1.32. The van der Waals surface area contributed by atoms with Gasteiger partial charge in [-0.1, -0.05) is 0 Å². The van der Waals surface area contributed by atoms with Crippen LogP contribution >= 0.6 is 0 Å². The minimum absolute atomic E-state index is 0.187. The first kappa shape index (κ1) is 22.0. The average Bonchev–Trinajstić information content (AvgIpc) is 2.71. The second-order valence-electron chi connectivity index (χ2n) is 6.13. The molecule has 30 heavy (non-hydrogen) atoms. The van der Waals surface area contributed by atoms with Crippen molar-refractivity contribution in [3.05, 3.63) is 59.9 Å². The summed E-state index contributed by atoms with van der Waals surface area (Å²) in [6.45, 7) is 1.35. The Labute approximate surface area is 171 Å². The lowest BCUT2D eigenvalue weighted by atomic mass is 10.1. The number of rotatable bonds is 7. The Balaban J connectivity index is 2.01. The third-order valence-electron chi connectivity index (χ3n) is 3.74. The van der Waals surface area contributed by atoms with Gasteiger partial charge in [-0.3, -0.25) is 39.8 Å². The fraction of sp³-hybridized carbons (Fsp3) is 0.158. The zero-order valence-corrected chi connectivity index (χ0v) is 16.0. The van der Waals surface area contributed by atoms with E-state index in [1.165, 1.54) is 55.7 Å². The maximum absolute atomic E-state index is 12.4. The Hall–Kier alpha value is -4.28. The van der Waals surface area contributed by atoms with Crippen LogP contribution in [0.5, 0.6) is 0 Å². The summed E-state index contributed by atoms with van der Waals surface area (Å²) in [7, 11) is 0. The molecule has 5 amide bonds. The van der Waals surface area contributed by atoms with Gasteiger partial charge in [0.2, 0.25) is 11.8 Å². The van der Waals surface area contributed by atoms with Crippen LogP contribution in [0.25, 0.3) is 0 Å². The number of pyridine rings is 1. The molecule has 0 radical (unpaired) electrons. The van der Waals surface area contributed by atoms with Crippen LogP contribution in [0.4, 0.5) is 5.69 Å². The SMILES string of the molecule is CC(=O)Nc1ccc(C(=O)NC(CC(N)=O)C(=O)NNC(=O)c2ccncc2)cc1. The van der Waals surface area contributed by atoms with Crippen molar-refractivity contribution in [2.24, 2.45) is 5.73 Å². The second kappa shape index (κ2) is 10.3. The lowest BCUT2D eigenvalue weighted by Gasteiger charge is -2.17. The molecule has 0 aliphatic heterocycles. The van der Waals surface area contributed by atoms with Gasteiger partial charge >= 0.3 is 0 Å². The van der Waals surface area contributed by atoms with E-state index in [9.17, 15) is 24.0 Å². The molecule has 1 heterocycles. The van der Waals surface area contributed by atoms with Crippen molar-refractivity contribution in [2.75, 3.05) is 5.32 Å². The molecule has 0 bridgehead atoms. The molecule has 0 aliphatic carbocycles. The molecule has 2 aromatic rings. The number of carbonyl (C=O) groups excluding carboxylic acids is 5. The lowest BCUT2D eigenvalue weighted by Crippen LogP contribution is -2.53. The summed E-state index contributed by atoms with van der Waals surface area (Å²) in [4.78, 5) is 62.9. The number of carbonyl (C=O) groups is 5. The normalized spacial score (nSPS) is 11.0. The molecule has 0 aliphatic rings. The number of nitrogens with one attached hydrogen (secondary N) is 4. The van der Waals surface area contributed by atoms with Crippen molar-refractivity contribution in [2.45, 2.75) is 19.4 Å². The van der Waals surface area contributed by atoms with Crippen molar-refractivity contribution in [3.8, 4) is 0 Å². The van der Waals surface area contributed by atoms with Crippen molar-refractivity contribution in [1.82, 2.24) is 21.2 Å². The number of hydrazine groups is 1. The zero-order chi connectivity index (χ0) is 22.1. The van der Waals surface area contributed by atoms with E-state index in [-0.39, 0.29) is 17.0 Å². The highest BCUT2D eigenvalue weighted by Gasteiger charge is 2.24. The number of primary amides is 1. The predicted molar refractivity (Wildman–Crippen MR) is 106 cm³/mol. The Bertz CT molecular complexity index is 946. The molecule has 11 nitrogen and oxygen atoms in total. The number of hydrogen-bond donors (Lipinski definition) is 5. The first-order valence-corrected chi connectivity index (χ1v) is 8.73.